The molecule has 0 unspecified atom stereocenters. The third kappa shape index (κ3) is 21.6. The van der Waals surface area contributed by atoms with Crippen molar-refractivity contribution < 1.29 is 73.2 Å². The van der Waals surface area contributed by atoms with Crippen LogP contribution in [0.4, 0.5) is 0 Å². The van der Waals surface area contributed by atoms with Crippen molar-refractivity contribution >= 4 is 97.1 Å². The maximum absolute atomic E-state index is 14.2. The lowest BCUT2D eigenvalue weighted by atomic mass is 9.98. The zero-order valence-corrected chi connectivity index (χ0v) is 42.8. The first-order valence-corrected chi connectivity index (χ1v) is 24.0. The molecule has 8 atom stereocenters. The number of aliphatic carboxylic acids is 4. The molecule has 2 aromatic rings. The molecule has 0 fully saturated rings. The van der Waals surface area contributed by atoms with Gasteiger partial charge in [-0.25, -0.2) is 4.79 Å². The lowest BCUT2D eigenvalue weighted by Gasteiger charge is -2.29. The number of hydrogen-bond donors (Lipinski definition) is 12. The van der Waals surface area contributed by atoms with E-state index < -0.39 is 145 Å². The molecule has 13 N–H and O–H groups in total. The van der Waals surface area contributed by atoms with Crippen LogP contribution in [0.15, 0.2) is 57.5 Å². The average Bonchev–Trinajstić information content (AvgIpc) is 3.28. The number of hydrogen-bond acceptors (Lipinski definition) is 12. The summed E-state index contributed by atoms with van der Waals surface area (Å²) in [6, 6.07) is 1.25. The Kier molecular flexibility index (Phi) is 25.3. The number of benzene rings is 2. The summed E-state index contributed by atoms with van der Waals surface area (Å²) in [5.74, 6) is -13.2. The minimum atomic E-state index is -1.90. The first-order valence-electron chi connectivity index (χ1n) is 22.4. The Morgan fingerprint density at radius 3 is 1.61 bits per heavy atom. The minimum absolute atomic E-state index is 0.0139. The van der Waals surface area contributed by atoms with E-state index in [1.807, 2.05) is 0 Å². The summed E-state index contributed by atoms with van der Waals surface area (Å²) in [6.07, 6.45) is -3.19. The number of carboxylic acids is 4. The second-order valence-electron chi connectivity index (χ2n) is 17.4. The lowest BCUT2D eigenvalue weighted by Crippen LogP contribution is -2.61. The van der Waals surface area contributed by atoms with Crippen molar-refractivity contribution in [2.45, 2.75) is 134 Å². The highest BCUT2D eigenvalue weighted by molar-refractivity contribution is 9.13. The van der Waals surface area contributed by atoms with E-state index in [0.717, 1.165) is 6.92 Å². The number of carboxylic acid groups (broad SMARTS) is 4. The zero-order valence-electron chi connectivity index (χ0n) is 39.7. The zero-order chi connectivity index (χ0) is 53.7. The number of amides is 7. The summed E-state index contributed by atoms with van der Waals surface area (Å²) in [7, 11) is 0. The van der Waals surface area contributed by atoms with Gasteiger partial charge < -0.3 is 63.4 Å². The van der Waals surface area contributed by atoms with Crippen LogP contribution in [0.1, 0.15) is 84.3 Å². The molecule has 0 saturated heterocycles. The topological polar surface area (TPSA) is 379 Å². The fourth-order valence-electron chi connectivity index (χ4n) is 6.77. The van der Waals surface area contributed by atoms with Crippen molar-refractivity contribution in [1.82, 2.24) is 37.2 Å². The summed E-state index contributed by atoms with van der Waals surface area (Å²) in [5, 5.41) is 54.8. The van der Waals surface area contributed by atoms with Crippen molar-refractivity contribution in [1.29, 1.82) is 0 Å². The van der Waals surface area contributed by atoms with Crippen LogP contribution in [-0.4, -0.2) is 134 Å². The smallest absolute Gasteiger partial charge is 0.326 e. The second kappa shape index (κ2) is 29.7. The molecule has 0 aliphatic rings. The molecule has 0 aliphatic carbocycles. The van der Waals surface area contributed by atoms with Crippen LogP contribution in [-0.2, 0) is 65.6 Å². The van der Waals surface area contributed by atoms with Crippen molar-refractivity contribution in [3.63, 3.8) is 0 Å². The predicted molar refractivity (Wildman–Crippen MR) is 261 cm³/mol. The van der Waals surface area contributed by atoms with Crippen LogP contribution in [0.2, 0.25) is 0 Å². The molecule has 23 nitrogen and oxygen atoms in total. The molecule has 2 aromatic carbocycles. The monoisotopic (exact) mass is 1120 g/mol. The molecule has 0 aliphatic heterocycles. The van der Waals surface area contributed by atoms with E-state index in [4.69, 9.17) is 10.8 Å². The van der Waals surface area contributed by atoms with Crippen LogP contribution in [0, 0.1) is 11.8 Å². The highest BCUT2D eigenvalue weighted by Crippen LogP contribution is 2.27. The Bertz CT molecular complexity index is 2250. The van der Waals surface area contributed by atoms with Gasteiger partial charge in [-0.2, -0.15) is 0 Å². The number of rotatable bonds is 30. The molecule has 71 heavy (non-hydrogen) atoms. The van der Waals surface area contributed by atoms with E-state index >= 15 is 0 Å². The van der Waals surface area contributed by atoms with Gasteiger partial charge in [0.25, 0.3) is 0 Å². The third-order valence-electron chi connectivity index (χ3n) is 10.6. The summed E-state index contributed by atoms with van der Waals surface area (Å²) in [4.78, 5) is 142. The Morgan fingerprint density at radius 2 is 1.04 bits per heavy atom. The average molecular weight is 1130 g/mol. The van der Waals surface area contributed by atoms with Gasteiger partial charge in [0.2, 0.25) is 41.4 Å². The minimum Gasteiger partial charge on any atom is -0.481 e. The van der Waals surface area contributed by atoms with Crippen molar-refractivity contribution in [3.05, 3.63) is 68.6 Å². The molecule has 0 radical (unpaired) electrons. The standard InChI is InChI=1S/C46H62Br2N8O15/c1-22(2)18-30(54-45(69)38(23(3)4)56-40(64)28(49)14-16-34(57)58)43(67)52-31(20-26-12-9-13-27(47)37(26)48)44(68)53-32(21-36(61)62)42(66)50-24(5)39(63)51-29(15-17-35(59)60)41(65)55-33(46(70)71)19-25-10-7-6-8-11-25/h6-13,22-24,28-33,38H,14-21,49H2,1-5H3,(H,50,66)(H,51,63)(H,52,67)(H,53,68)(H,54,69)(H,55,65)(H,56,64)(H,57,58)(H,59,60)(H,61,62)(H,70,71)/t24-,28-,29-,30-,31-,32-,33-,38-/m0/s1. The maximum atomic E-state index is 14.2. The quantitative estimate of drug-likeness (QED) is 0.0513. The first kappa shape index (κ1) is 60.7. The van der Waals surface area contributed by atoms with Gasteiger partial charge in [0, 0.05) is 34.6 Å². The summed E-state index contributed by atoms with van der Waals surface area (Å²) in [6.45, 7) is 7.88. The van der Waals surface area contributed by atoms with Crippen LogP contribution in [0.5, 0.6) is 0 Å². The Balaban J connectivity index is 2.40. The molecule has 2 rings (SSSR count). The summed E-state index contributed by atoms with van der Waals surface area (Å²) >= 11 is 6.82. The van der Waals surface area contributed by atoms with E-state index in [-0.39, 0.29) is 31.6 Å². The van der Waals surface area contributed by atoms with Gasteiger partial charge in [-0.1, -0.05) is 70.2 Å². The molecule has 0 aromatic heterocycles. The van der Waals surface area contributed by atoms with Crippen LogP contribution in [0.3, 0.4) is 0 Å². The predicted octanol–water partition coefficient (Wildman–Crippen LogP) is 0.729. The Labute approximate surface area is 426 Å². The van der Waals surface area contributed by atoms with Gasteiger partial charge in [-0.3, -0.25) is 47.9 Å². The fraction of sp³-hybridized carbons (Fsp3) is 0.500. The third-order valence-corrected chi connectivity index (χ3v) is 12.8. The largest absolute Gasteiger partial charge is 0.481 e. The maximum Gasteiger partial charge on any atom is 0.326 e. The van der Waals surface area contributed by atoms with Crippen molar-refractivity contribution in [2.24, 2.45) is 17.6 Å². The van der Waals surface area contributed by atoms with E-state index in [1.165, 1.54) is 0 Å². The molecule has 0 spiro atoms. The van der Waals surface area contributed by atoms with Gasteiger partial charge in [-0.15, -0.1) is 0 Å². The molecule has 390 valence electrons. The molecule has 0 bridgehead atoms. The number of nitrogens with one attached hydrogen (secondary N) is 7. The molecule has 0 saturated carbocycles. The van der Waals surface area contributed by atoms with Crippen molar-refractivity contribution in [3.8, 4) is 0 Å². The van der Waals surface area contributed by atoms with E-state index in [0.29, 0.717) is 20.1 Å². The molecule has 25 heteroatoms. The van der Waals surface area contributed by atoms with E-state index in [9.17, 15) is 68.1 Å². The molecule has 0 heterocycles. The van der Waals surface area contributed by atoms with Gasteiger partial charge in [0.05, 0.1) is 12.5 Å². The van der Waals surface area contributed by atoms with Gasteiger partial charge in [-0.05, 0) is 87.1 Å². The highest BCUT2D eigenvalue weighted by Gasteiger charge is 2.36. The second-order valence-corrected chi connectivity index (χ2v) is 19.1. The summed E-state index contributed by atoms with van der Waals surface area (Å²) < 4.78 is 1.03. The fourth-order valence-corrected chi connectivity index (χ4v) is 7.60. The number of nitrogens with two attached hydrogens (primary N) is 1. The Morgan fingerprint density at radius 1 is 0.521 bits per heavy atom. The van der Waals surface area contributed by atoms with Crippen molar-refractivity contribution in [2.75, 3.05) is 0 Å². The lowest BCUT2D eigenvalue weighted by molar-refractivity contribution is -0.143. The van der Waals surface area contributed by atoms with Crippen LogP contribution < -0.4 is 43.0 Å². The highest BCUT2D eigenvalue weighted by atomic mass is 79.9. The number of halogens is 2. The van der Waals surface area contributed by atoms with Crippen LogP contribution in [0.25, 0.3) is 0 Å². The SMILES string of the molecule is CC(C)C[C@H](NC(=O)[C@@H](NC(=O)[C@@H](N)CCC(=O)O)C(C)C)C(=O)N[C@@H](Cc1cccc(Br)c1Br)C(=O)N[C@@H](CC(=O)O)C(=O)N[C@@H](C)C(=O)N[C@@H](CCC(=O)O)C(=O)N[C@@H](Cc1ccccc1)C(=O)O. The normalized spacial score (nSPS) is 14.5. The molecular formula is C46H62Br2N8O15. The van der Waals surface area contributed by atoms with Gasteiger partial charge >= 0.3 is 23.9 Å². The van der Waals surface area contributed by atoms with E-state index in [1.54, 1.807) is 76.2 Å². The first-order chi connectivity index (χ1) is 33.2. The molecule has 7 amide bonds. The summed E-state index contributed by atoms with van der Waals surface area (Å²) in [5.41, 5.74) is 6.87. The van der Waals surface area contributed by atoms with Gasteiger partial charge in [0.15, 0.2) is 0 Å². The number of carbonyl (C=O) groups is 11. The van der Waals surface area contributed by atoms with Crippen LogP contribution >= 0.6 is 31.9 Å². The Hall–Kier alpha value is -6.47. The van der Waals surface area contributed by atoms with Gasteiger partial charge in [0.1, 0.15) is 42.3 Å². The molecular weight excluding hydrogens is 1060 g/mol. The number of carbonyl (C=O) groups excluding carboxylic acids is 7. The van der Waals surface area contributed by atoms with E-state index in [2.05, 4.69) is 69.1 Å².